The predicted molar refractivity (Wildman–Crippen MR) is 87.1 cm³/mol. The van der Waals surface area contributed by atoms with Gasteiger partial charge in [-0.25, -0.2) is 0 Å². The van der Waals surface area contributed by atoms with E-state index in [0.29, 0.717) is 19.5 Å². The zero-order valence-electron chi connectivity index (χ0n) is 13.1. The summed E-state index contributed by atoms with van der Waals surface area (Å²) >= 11 is 0. The maximum absolute atomic E-state index is 12.6. The molecule has 1 amide bonds. The van der Waals surface area contributed by atoms with Gasteiger partial charge in [0, 0.05) is 36.8 Å². The molecule has 2 aliphatic rings. The highest BCUT2D eigenvalue weighted by Gasteiger charge is 2.46. The molecule has 0 saturated carbocycles. The van der Waals surface area contributed by atoms with Crippen molar-refractivity contribution < 1.29 is 14.6 Å². The second-order valence-corrected chi connectivity index (χ2v) is 6.66. The van der Waals surface area contributed by atoms with Crippen LogP contribution in [0, 0.1) is 0 Å². The SMILES string of the molecule is O=C(Cc1c[nH]c2ccccc12)N1CC[C@@]2(CCCO2)[C@@H](O)C1. The zero-order valence-corrected chi connectivity index (χ0v) is 13.1. The Kier molecular flexibility index (Phi) is 3.62. The van der Waals surface area contributed by atoms with Crippen LogP contribution in [0.4, 0.5) is 0 Å². The number of fused-ring (bicyclic) bond motifs is 1. The van der Waals surface area contributed by atoms with Crippen LogP contribution in [0.1, 0.15) is 24.8 Å². The molecule has 0 unspecified atom stereocenters. The Hall–Kier alpha value is -1.85. The number of ether oxygens (including phenoxy) is 1. The van der Waals surface area contributed by atoms with E-state index < -0.39 is 11.7 Å². The number of hydrogen-bond acceptors (Lipinski definition) is 3. The number of nitrogens with one attached hydrogen (secondary N) is 1. The highest BCUT2D eigenvalue weighted by molar-refractivity contribution is 5.88. The minimum atomic E-state index is -0.578. The molecule has 4 rings (SSSR count). The molecule has 1 spiro atoms. The fourth-order valence-corrected chi connectivity index (χ4v) is 3.92. The number of hydrogen-bond donors (Lipinski definition) is 2. The number of likely N-dealkylation sites (tertiary alicyclic amines) is 1. The Morgan fingerprint density at radius 1 is 1.39 bits per heavy atom. The first-order chi connectivity index (χ1) is 11.2. The first-order valence-corrected chi connectivity index (χ1v) is 8.33. The molecule has 2 aromatic rings. The Balaban J connectivity index is 1.46. The number of amides is 1. The minimum absolute atomic E-state index is 0.0710. The Labute approximate surface area is 135 Å². The van der Waals surface area contributed by atoms with Crippen molar-refractivity contribution in [2.45, 2.75) is 37.4 Å². The number of para-hydroxylation sites is 1. The number of carbonyl (C=O) groups is 1. The van der Waals surface area contributed by atoms with Crippen molar-refractivity contribution >= 4 is 16.8 Å². The molecule has 5 heteroatoms. The van der Waals surface area contributed by atoms with Gasteiger partial charge in [-0.05, 0) is 30.9 Å². The normalized spacial score (nSPS) is 27.9. The molecule has 0 bridgehead atoms. The van der Waals surface area contributed by atoms with E-state index in [9.17, 15) is 9.90 Å². The number of piperidine rings is 1. The van der Waals surface area contributed by atoms with E-state index in [4.69, 9.17) is 4.74 Å². The number of aliphatic hydroxyl groups excluding tert-OH is 1. The number of nitrogens with zero attached hydrogens (tertiary/aromatic N) is 1. The number of H-pyrrole nitrogens is 1. The molecule has 2 fully saturated rings. The lowest BCUT2D eigenvalue weighted by Crippen LogP contribution is -2.56. The highest BCUT2D eigenvalue weighted by atomic mass is 16.5. The molecule has 2 saturated heterocycles. The average Bonchev–Trinajstić information content (AvgIpc) is 3.19. The van der Waals surface area contributed by atoms with Gasteiger partial charge in [0.1, 0.15) is 6.10 Å². The van der Waals surface area contributed by atoms with Crippen LogP contribution in [0.15, 0.2) is 30.5 Å². The van der Waals surface area contributed by atoms with Gasteiger partial charge in [0.25, 0.3) is 0 Å². The molecule has 2 atom stereocenters. The van der Waals surface area contributed by atoms with Gasteiger partial charge in [-0.15, -0.1) is 0 Å². The second-order valence-electron chi connectivity index (χ2n) is 6.66. The summed E-state index contributed by atoms with van der Waals surface area (Å²) in [6.45, 7) is 1.76. The van der Waals surface area contributed by atoms with Crippen LogP contribution >= 0.6 is 0 Å². The number of aromatic nitrogens is 1. The van der Waals surface area contributed by atoms with Crippen molar-refractivity contribution in [3.63, 3.8) is 0 Å². The summed E-state index contributed by atoms with van der Waals surface area (Å²) in [4.78, 5) is 17.6. The van der Waals surface area contributed by atoms with Crippen molar-refractivity contribution in [3.8, 4) is 0 Å². The third-order valence-electron chi connectivity index (χ3n) is 5.31. The summed E-state index contributed by atoms with van der Waals surface area (Å²) in [5.74, 6) is 0.0710. The fourth-order valence-electron chi connectivity index (χ4n) is 3.92. The Bertz CT molecular complexity index is 718. The van der Waals surface area contributed by atoms with Crippen molar-refractivity contribution in [1.29, 1.82) is 0 Å². The lowest BCUT2D eigenvalue weighted by atomic mass is 9.86. The smallest absolute Gasteiger partial charge is 0.227 e. The largest absolute Gasteiger partial charge is 0.388 e. The lowest BCUT2D eigenvalue weighted by molar-refractivity contribution is -0.151. The molecular weight excluding hydrogens is 292 g/mol. The van der Waals surface area contributed by atoms with E-state index >= 15 is 0 Å². The topological polar surface area (TPSA) is 65.6 Å². The van der Waals surface area contributed by atoms with Crippen LogP contribution < -0.4 is 0 Å². The summed E-state index contributed by atoms with van der Waals surface area (Å²) in [7, 11) is 0. The molecule has 2 aliphatic heterocycles. The Morgan fingerprint density at radius 2 is 2.26 bits per heavy atom. The third-order valence-corrected chi connectivity index (χ3v) is 5.31. The fraction of sp³-hybridized carbons (Fsp3) is 0.500. The van der Waals surface area contributed by atoms with Crippen LogP contribution in [0.5, 0.6) is 0 Å². The monoisotopic (exact) mass is 314 g/mol. The van der Waals surface area contributed by atoms with E-state index in [1.165, 1.54) is 0 Å². The van der Waals surface area contributed by atoms with E-state index in [1.54, 1.807) is 4.90 Å². The van der Waals surface area contributed by atoms with Crippen LogP contribution in [0.3, 0.4) is 0 Å². The van der Waals surface area contributed by atoms with Gasteiger partial charge in [-0.1, -0.05) is 18.2 Å². The maximum Gasteiger partial charge on any atom is 0.227 e. The van der Waals surface area contributed by atoms with Crippen LogP contribution in [0.25, 0.3) is 10.9 Å². The molecule has 1 aromatic carbocycles. The van der Waals surface area contributed by atoms with Gasteiger partial charge in [0.05, 0.1) is 12.0 Å². The van der Waals surface area contributed by atoms with Crippen LogP contribution in [-0.2, 0) is 16.0 Å². The summed E-state index contributed by atoms with van der Waals surface area (Å²) < 4.78 is 5.79. The Morgan fingerprint density at radius 3 is 3.04 bits per heavy atom. The van der Waals surface area contributed by atoms with Gasteiger partial charge < -0.3 is 19.7 Å². The summed E-state index contributed by atoms with van der Waals surface area (Å²) in [5, 5.41) is 11.5. The molecule has 3 heterocycles. The molecule has 0 aliphatic carbocycles. The molecule has 5 nitrogen and oxygen atoms in total. The number of aliphatic hydroxyl groups is 1. The number of rotatable bonds is 2. The minimum Gasteiger partial charge on any atom is -0.388 e. The highest BCUT2D eigenvalue weighted by Crippen LogP contribution is 2.36. The third kappa shape index (κ3) is 2.54. The van der Waals surface area contributed by atoms with Crippen LogP contribution in [0.2, 0.25) is 0 Å². The van der Waals surface area contributed by atoms with E-state index in [-0.39, 0.29) is 5.91 Å². The second kappa shape index (κ2) is 5.65. The van der Waals surface area contributed by atoms with E-state index in [2.05, 4.69) is 4.98 Å². The van der Waals surface area contributed by atoms with E-state index in [0.717, 1.165) is 42.3 Å². The molecule has 2 N–H and O–H groups in total. The van der Waals surface area contributed by atoms with Crippen molar-refractivity contribution in [2.24, 2.45) is 0 Å². The van der Waals surface area contributed by atoms with Crippen molar-refractivity contribution in [1.82, 2.24) is 9.88 Å². The molecule has 0 radical (unpaired) electrons. The van der Waals surface area contributed by atoms with Crippen molar-refractivity contribution in [3.05, 3.63) is 36.0 Å². The number of benzene rings is 1. The summed E-state index contributed by atoms with van der Waals surface area (Å²) in [6, 6.07) is 8.00. The van der Waals surface area contributed by atoms with Gasteiger partial charge in [0.15, 0.2) is 0 Å². The summed E-state index contributed by atoms with van der Waals surface area (Å²) in [5.41, 5.74) is 1.65. The quantitative estimate of drug-likeness (QED) is 0.889. The van der Waals surface area contributed by atoms with Gasteiger partial charge in [-0.3, -0.25) is 4.79 Å². The molecule has 1 aromatic heterocycles. The lowest BCUT2D eigenvalue weighted by Gasteiger charge is -2.42. The average molecular weight is 314 g/mol. The zero-order chi connectivity index (χ0) is 15.9. The molecule has 122 valence electrons. The van der Waals surface area contributed by atoms with E-state index in [1.807, 2.05) is 30.5 Å². The van der Waals surface area contributed by atoms with Gasteiger partial charge >= 0.3 is 0 Å². The van der Waals surface area contributed by atoms with Crippen molar-refractivity contribution in [2.75, 3.05) is 19.7 Å². The molecular formula is C18H22N2O3. The summed E-state index contributed by atoms with van der Waals surface area (Å²) in [6.07, 6.45) is 4.33. The van der Waals surface area contributed by atoms with Gasteiger partial charge in [0.2, 0.25) is 5.91 Å². The predicted octanol–water partition coefficient (Wildman–Crippen LogP) is 1.85. The number of aromatic amines is 1. The maximum atomic E-state index is 12.6. The number of carbonyl (C=O) groups excluding carboxylic acids is 1. The first kappa shape index (κ1) is 14.7. The number of β-amino-alcohol motifs (C(OH)–C–C–N with tert-alkyl or cyclic N) is 1. The van der Waals surface area contributed by atoms with Gasteiger partial charge in [-0.2, -0.15) is 0 Å². The standard InChI is InChI=1S/C18H22N2O3/c21-16-12-20(8-7-18(16)6-3-9-23-18)17(22)10-13-11-19-15-5-2-1-4-14(13)15/h1-2,4-5,11,16,19,21H,3,6-10,12H2/t16-,18-/m0/s1. The first-order valence-electron chi connectivity index (χ1n) is 8.33. The molecule has 23 heavy (non-hydrogen) atoms. The van der Waals surface area contributed by atoms with Crippen LogP contribution in [-0.4, -0.2) is 52.3 Å².